The van der Waals surface area contributed by atoms with E-state index in [1.54, 1.807) is 0 Å². The summed E-state index contributed by atoms with van der Waals surface area (Å²) in [6, 6.07) is 13.7. The van der Waals surface area contributed by atoms with Gasteiger partial charge in [-0.15, -0.1) is 0 Å². The number of hydrogen-bond donors (Lipinski definition) is 1. The van der Waals surface area contributed by atoms with Crippen molar-refractivity contribution >= 4 is 28.3 Å². The van der Waals surface area contributed by atoms with Gasteiger partial charge in [0.15, 0.2) is 5.82 Å². The fraction of sp³-hybridized carbons (Fsp3) is 0.176. The van der Waals surface area contributed by atoms with E-state index in [0.29, 0.717) is 10.8 Å². The van der Waals surface area contributed by atoms with Gasteiger partial charge >= 0.3 is 0 Å². The Morgan fingerprint density at radius 3 is 2.52 bits per heavy atom. The lowest BCUT2D eigenvalue weighted by Gasteiger charge is -2.11. The largest absolute Gasteiger partial charge is 0.370 e. The minimum Gasteiger partial charge on any atom is -0.370 e. The second kappa shape index (κ2) is 5.70. The molecule has 3 rings (SSSR count). The third kappa shape index (κ3) is 2.69. The molecule has 0 aliphatic carbocycles. The number of aryl methyl sites for hydroxylation is 1. The van der Waals surface area contributed by atoms with Crippen molar-refractivity contribution in [3.63, 3.8) is 0 Å². The lowest BCUT2D eigenvalue weighted by molar-refractivity contribution is 1.14. The molecule has 0 saturated heterocycles. The molecular weight excluding hydrogens is 282 g/mol. The highest BCUT2D eigenvalue weighted by molar-refractivity contribution is 6.30. The molecule has 0 bridgehead atoms. The lowest BCUT2D eigenvalue weighted by Crippen LogP contribution is -2.03. The molecular formula is C17H16ClN3. The molecule has 0 aliphatic rings. The number of nitrogens with zero attached hydrogens (tertiary/aromatic N) is 2. The molecule has 0 radical (unpaired) electrons. The van der Waals surface area contributed by atoms with E-state index in [-0.39, 0.29) is 0 Å². The van der Waals surface area contributed by atoms with E-state index in [1.165, 1.54) is 5.56 Å². The Kier molecular flexibility index (Phi) is 3.76. The average molecular weight is 298 g/mol. The molecule has 0 fully saturated rings. The van der Waals surface area contributed by atoms with Crippen molar-refractivity contribution in [2.24, 2.45) is 0 Å². The summed E-state index contributed by atoms with van der Waals surface area (Å²) < 4.78 is 0. The van der Waals surface area contributed by atoms with Gasteiger partial charge in [0.1, 0.15) is 5.82 Å². The molecule has 3 nitrogen and oxygen atoms in total. The smallest absolute Gasteiger partial charge is 0.162 e. The third-order valence-electron chi connectivity index (χ3n) is 3.38. The number of benzene rings is 2. The van der Waals surface area contributed by atoms with E-state index >= 15 is 0 Å². The first-order valence-electron chi connectivity index (χ1n) is 6.96. The molecule has 3 aromatic rings. The number of rotatable bonds is 3. The normalized spacial score (nSPS) is 10.8. The molecule has 0 aliphatic heterocycles. The number of hydrogen-bond acceptors (Lipinski definition) is 3. The van der Waals surface area contributed by atoms with Gasteiger partial charge in [0.2, 0.25) is 0 Å². The van der Waals surface area contributed by atoms with Crippen molar-refractivity contribution in [3.8, 4) is 11.4 Å². The molecule has 0 spiro atoms. The maximum absolute atomic E-state index is 5.94. The number of aromatic nitrogens is 2. The topological polar surface area (TPSA) is 37.8 Å². The molecule has 1 aromatic heterocycles. The van der Waals surface area contributed by atoms with E-state index in [4.69, 9.17) is 11.6 Å². The highest BCUT2D eigenvalue weighted by Gasteiger charge is 2.10. The van der Waals surface area contributed by atoms with Gasteiger partial charge in [0.05, 0.1) is 5.52 Å². The molecule has 106 valence electrons. The summed E-state index contributed by atoms with van der Waals surface area (Å²) in [7, 11) is 0. The van der Waals surface area contributed by atoms with Crippen molar-refractivity contribution in [2.45, 2.75) is 13.8 Å². The van der Waals surface area contributed by atoms with Gasteiger partial charge in [0, 0.05) is 22.5 Å². The molecule has 0 amide bonds. The van der Waals surface area contributed by atoms with Gasteiger partial charge in [-0.3, -0.25) is 0 Å². The van der Waals surface area contributed by atoms with Crippen LogP contribution in [-0.4, -0.2) is 16.5 Å². The molecule has 21 heavy (non-hydrogen) atoms. The van der Waals surface area contributed by atoms with E-state index in [1.807, 2.05) is 36.4 Å². The fourth-order valence-electron chi connectivity index (χ4n) is 2.38. The minimum atomic E-state index is 0.709. The van der Waals surface area contributed by atoms with Gasteiger partial charge < -0.3 is 5.32 Å². The van der Waals surface area contributed by atoms with Crippen LogP contribution >= 0.6 is 11.6 Å². The summed E-state index contributed by atoms with van der Waals surface area (Å²) >= 11 is 5.94. The van der Waals surface area contributed by atoms with Crippen LogP contribution in [-0.2, 0) is 0 Å². The van der Waals surface area contributed by atoms with E-state index < -0.39 is 0 Å². The molecule has 1 N–H and O–H groups in total. The van der Waals surface area contributed by atoms with Gasteiger partial charge in [-0.25, -0.2) is 9.97 Å². The zero-order chi connectivity index (χ0) is 14.8. The Morgan fingerprint density at radius 2 is 1.81 bits per heavy atom. The van der Waals surface area contributed by atoms with E-state index in [2.05, 4.69) is 35.2 Å². The quantitative estimate of drug-likeness (QED) is 0.762. The maximum atomic E-state index is 5.94. The van der Waals surface area contributed by atoms with Gasteiger partial charge in [-0.2, -0.15) is 0 Å². The zero-order valence-corrected chi connectivity index (χ0v) is 12.8. The first-order valence-corrected chi connectivity index (χ1v) is 7.34. The predicted molar refractivity (Wildman–Crippen MR) is 88.9 cm³/mol. The molecule has 0 unspecified atom stereocenters. The van der Waals surface area contributed by atoms with Crippen molar-refractivity contribution in [1.82, 2.24) is 9.97 Å². The van der Waals surface area contributed by atoms with Crippen LogP contribution in [0.3, 0.4) is 0 Å². The van der Waals surface area contributed by atoms with Crippen molar-refractivity contribution in [3.05, 3.63) is 53.1 Å². The lowest BCUT2D eigenvalue weighted by atomic mass is 10.1. The summed E-state index contributed by atoms with van der Waals surface area (Å²) in [6.07, 6.45) is 0. The van der Waals surface area contributed by atoms with Crippen molar-refractivity contribution in [2.75, 3.05) is 11.9 Å². The van der Waals surface area contributed by atoms with Crippen LogP contribution in [0.25, 0.3) is 22.3 Å². The molecule has 1 heterocycles. The average Bonchev–Trinajstić information content (AvgIpc) is 2.48. The Hall–Kier alpha value is -2.13. The number of anilines is 1. The first kappa shape index (κ1) is 13.8. The van der Waals surface area contributed by atoms with E-state index in [9.17, 15) is 0 Å². The van der Waals surface area contributed by atoms with E-state index in [0.717, 1.165) is 28.8 Å². The molecule has 0 atom stereocenters. The summed E-state index contributed by atoms with van der Waals surface area (Å²) in [4.78, 5) is 9.37. The van der Waals surface area contributed by atoms with Crippen LogP contribution in [0.5, 0.6) is 0 Å². The second-order valence-electron chi connectivity index (χ2n) is 4.90. The van der Waals surface area contributed by atoms with Crippen LogP contribution < -0.4 is 5.32 Å². The number of halogens is 1. The van der Waals surface area contributed by atoms with Crippen LogP contribution in [0.1, 0.15) is 12.5 Å². The van der Waals surface area contributed by atoms with Crippen LogP contribution in [0.15, 0.2) is 42.5 Å². The first-order chi connectivity index (χ1) is 10.2. The third-order valence-corrected chi connectivity index (χ3v) is 3.63. The van der Waals surface area contributed by atoms with Crippen molar-refractivity contribution in [1.29, 1.82) is 0 Å². The highest BCUT2D eigenvalue weighted by Crippen LogP contribution is 2.27. The van der Waals surface area contributed by atoms with Crippen LogP contribution in [0, 0.1) is 6.92 Å². The Morgan fingerprint density at radius 1 is 1.05 bits per heavy atom. The van der Waals surface area contributed by atoms with Crippen LogP contribution in [0.4, 0.5) is 5.82 Å². The Bertz CT molecular complexity index is 782. The summed E-state index contributed by atoms with van der Waals surface area (Å²) in [5.41, 5.74) is 3.08. The van der Waals surface area contributed by atoms with Crippen molar-refractivity contribution < 1.29 is 0 Å². The summed E-state index contributed by atoms with van der Waals surface area (Å²) in [6.45, 7) is 4.96. The second-order valence-corrected chi connectivity index (χ2v) is 5.34. The fourth-order valence-corrected chi connectivity index (χ4v) is 2.50. The summed E-state index contributed by atoms with van der Waals surface area (Å²) in [5, 5.41) is 5.13. The highest BCUT2D eigenvalue weighted by atomic mass is 35.5. The Labute approximate surface area is 129 Å². The van der Waals surface area contributed by atoms with Gasteiger partial charge in [-0.1, -0.05) is 23.7 Å². The SMILES string of the molecule is CCNc1nc(-c2ccc(Cl)cc2)nc2cccc(C)c12. The monoisotopic (exact) mass is 297 g/mol. The number of fused-ring (bicyclic) bond motifs is 1. The van der Waals surface area contributed by atoms with Crippen LogP contribution in [0.2, 0.25) is 5.02 Å². The minimum absolute atomic E-state index is 0.709. The molecule has 0 saturated carbocycles. The summed E-state index contributed by atoms with van der Waals surface area (Å²) in [5.74, 6) is 1.59. The van der Waals surface area contributed by atoms with Gasteiger partial charge in [-0.05, 0) is 49.7 Å². The predicted octanol–water partition coefficient (Wildman–Crippen LogP) is 4.69. The molecule has 4 heteroatoms. The van der Waals surface area contributed by atoms with Gasteiger partial charge in [0.25, 0.3) is 0 Å². The Balaban J connectivity index is 2.23. The standard InChI is InChI=1S/C17H16ClN3/c1-3-19-17-15-11(2)5-4-6-14(15)20-16(21-17)12-7-9-13(18)10-8-12/h4-10H,3H2,1-2H3,(H,19,20,21). The maximum Gasteiger partial charge on any atom is 0.162 e. The molecule has 2 aromatic carbocycles. The zero-order valence-electron chi connectivity index (χ0n) is 12.0. The number of nitrogens with one attached hydrogen (secondary N) is 1.